The van der Waals surface area contributed by atoms with Crippen molar-refractivity contribution < 1.29 is 23.1 Å². The predicted octanol–water partition coefficient (Wildman–Crippen LogP) is 3.46. The van der Waals surface area contributed by atoms with Gasteiger partial charge in [-0.1, -0.05) is 35.9 Å². The predicted molar refractivity (Wildman–Crippen MR) is 79.4 cm³/mol. The molecular formula is C16H8ClF2NO3. The number of Topliss-reactive ketones (excluding diaryl/α,β-unsaturated/α-hetero) is 2. The number of benzene rings is 2. The summed E-state index contributed by atoms with van der Waals surface area (Å²) in [6.07, 6.45) is 0. The number of fused-ring (bicyclic) bond motifs is 1. The zero-order chi connectivity index (χ0) is 16.7. The number of nitrogen functional groups attached to an aromatic ring is 1. The van der Waals surface area contributed by atoms with Gasteiger partial charge in [-0.15, -0.1) is 0 Å². The number of carbonyl (C=O) groups is 2. The molecule has 0 fully saturated rings. The quantitative estimate of drug-likeness (QED) is 0.853. The van der Waals surface area contributed by atoms with Gasteiger partial charge in [0.1, 0.15) is 5.03 Å². The average Bonchev–Trinajstić information content (AvgIpc) is 2.56. The maximum Gasteiger partial charge on any atom is 0.230 e. The van der Waals surface area contributed by atoms with Crippen molar-refractivity contribution >= 4 is 28.9 Å². The Morgan fingerprint density at radius 3 is 2.22 bits per heavy atom. The molecule has 1 aliphatic rings. The van der Waals surface area contributed by atoms with E-state index in [2.05, 4.69) is 0 Å². The highest BCUT2D eigenvalue weighted by Crippen LogP contribution is 2.34. The smallest absolute Gasteiger partial charge is 0.230 e. The molecule has 0 saturated carbocycles. The van der Waals surface area contributed by atoms with Gasteiger partial charge < -0.3 is 10.5 Å². The first kappa shape index (κ1) is 15.2. The van der Waals surface area contributed by atoms with Crippen LogP contribution in [0.4, 0.5) is 14.5 Å². The Hall–Kier alpha value is -2.73. The van der Waals surface area contributed by atoms with E-state index in [1.807, 2.05) is 0 Å². The molecule has 0 bridgehead atoms. The summed E-state index contributed by atoms with van der Waals surface area (Å²) in [4.78, 5) is 24.6. The summed E-state index contributed by atoms with van der Waals surface area (Å²) in [5, 5.41) is -0.517. The first-order valence-electron chi connectivity index (χ1n) is 6.41. The molecule has 2 aromatic carbocycles. The SMILES string of the molecule is Nc1ccc(F)c(F)c1OC1=C(Cl)C(=O)c2ccccc2C1=O. The maximum atomic E-state index is 13.8. The molecule has 0 radical (unpaired) electrons. The highest BCUT2D eigenvalue weighted by atomic mass is 35.5. The molecule has 0 amide bonds. The maximum absolute atomic E-state index is 13.8. The van der Waals surface area contributed by atoms with Crippen LogP contribution in [0.2, 0.25) is 0 Å². The number of ketones is 2. The topological polar surface area (TPSA) is 69.4 Å². The number of hydrogen-bond donors (Lipinski definition) is 1. The second kappa shape index (κ2) is 5.48. The van der Waals surface area contributed by atoms with Gasteiger partial charge in [0.25, 0.3) is 0 Å². The fourth-order valence-electron chi connectivity index (χ4n) is 2.17. The minimum Gasteiger partial charge on any atom is -0.446 e. The largest absolute Gasteiger partial charge is 0.446 e. The minimum absolute atomic E-state index is 0.0623. The van der Waals surface area contributed by atoms with Gasteiger partial charge in [0.2, 0.25) is 17.4 Å². The molecule has 116 valence electrons. The van der Waals surface area contributed by atoms with Crippen LogP contribution in [0.3, 0.4) is 0 Å². The van der Waals surface area contributed by atoms with Gasteiger partial charge in [0.05, 0.1) is 5.69 Å². The van der Waals surface area contributed by atoms with Crippen molar-refractivity contribution in [2.75, 3.05) is 5.73 Å². The van der Waals surface area contributed by atoms with Crippen molar-refractivity contribution in [2.45, 2.75) is 0 Å². The van der Waals surface area contributed by atoms with Crippen molar-refractivity contribution in [1.29, 1.82) is 0 Å². The monoisotopic (exact) mass is 335 g/mol. The molecule has 23 heavy (non-hydrogen) atoms. The lowest BCUT2D eigenvalue weighted by atomic mass is 9.93. The van der Waals surface area contributed by atoms with Gasteiger partial charge in [-0.3, -0.25) is 9.59 Å². The van der Waals surface area contributed by atoms with Crippen LogP contribution < -0.4 is 10.5 Å². The van der Waals surface area contributed by atoms with E-state index in [1.165, 1.54) is 12.1 Å². The van der Waals surface area contributed by atoms with Gasteiger partial charge in [-0.05, 0) is 12.1 Å². The van der Waals surface area contributed by atoms with E-state index in [0.29, 0.717) is 0 Å². The van der Waals surface area contributed by atoms with Crippen LogP contribution in [-0.2, 0) is 0 Å². The number of nitrogens with two attached hydrogens (primary N) is 1. The van der Waals surface area contributed by atoms with Crippen LogP contribution in [0, 0.1) is 11.6 Å². The molecule has 0 saturated heterocycles. The summed E-state index contributed by atoms with van der Waals surface area (Å²) in [6, 6.07) is 7.86. The summed E-state index contributed by atoms with van der Waals surface area (Å²) in [5.74, 6) is -5.23. The number of anilines is 1. The Kier molecular flexibility index (Phi) is 3.61. The van der Waals surface area contributed by atoms with Crippen LogP contribution >= 0.6 is 11.6 Å². The summed E-state index contributed by atoms with van der Waals surface area (Å²) >= 11 is 5.88. The van der Waals surface area contributed by atoms with E-state index in [9.17, 15) is 18.4 Å². The molecule has 0 spiro atoms. The van der Waals surface area contributed by atoms with Crippen LogP contribution in [0.1, 0.15) is 20.7 Å². The first-order valence-corrected chi connectivity index (χ1v) is 6.79. The second-order valence-electron chi connectivity index (χ2n) is 4.73. The third kappa shape index (κ3) is 2.37. The zero-order valence-electron chi connectivity index (χ0n) is 11.4. The van der Waals surface area contributed by atoms with E-state index < -0.39 is 39.7 Å². The van der Waals surface area contributed by atoms with Crippen molar-refractivity contribution in [2.24, 2.45) is 0 Å². The highest BCUT2D eigenvalue weighted by molar-refractivity contribution is 6.49. The second-order valence-corrected chi connectivity index (χ2v) is 5.11. The molecule has 0 heterocycles. The Balaban J connectivity index is 2.11. The first-order chi connectivity index (χ1) is 10.9. The standard InChI is InChI=1S/C16H8ClF2NO3/c17-11-13(21)7-3-1-2-4-8(7)14(22)16(11)23-15-10(20)6-5-9(18)12(15)19/h1-6H,20H2. The summed E-state index contributed by atoms with van der Waals surface area (Å²) in [6.45, 7) is 0. The third-order valence-electron chi connectivity index (χ3n) is 3.31. The van der Waals surface area contributed by atoms with E-state index in [4.69, 9.17) is 22.1 Å². The molecule has 0 aliphatic heterocycles. The van der Waals surface area contributed by atoms with Crippen molar-refractivity contribution in [3.8, 4) is 5.75 Å². The van der Waals surface area contributed by atoms with Gasteiger partial charge in [0, 0.05) is 11.1 Å². The number of halogens is 3. The number of carbonyl (C=O) groups excluding carboxylic acids is 2. The fraction of sp³-hybridized carbons (Fsp3) is 0. The van der Waals surface area contributed by atoms with Crippen molar-refractivity contribution in [3.63, 3.8) is 0 Å². The molecule has 4 nitrogen and oxygen atoms in total. The van der Waals surface area contributed by atoms with Gasteiger partial charge in [-0.2, -0.15) is 4.39 Å². The molecule has 3 rings (SSSR count). The zero-order valence-corrected chi connectivity index (χ0v) is 12.2. The van der Waals surface area contributed by atoms with E-state index in [-0.39, 0.29) is 16.8 Å². The van der Waals surface area contributed by atoms with Crippen molar-refractivity contribution in [3.05, 3.63) is 70.0 Å². The van der Waals surface area contributed by atoms with E-state index >= 15 is 0 Å². The number of rotatable bonds is 2. The molecule has 7 heteroatoms. The summed E-state index contributed by atoms with van der Waals surface area (Å²) in [5.41, 5.74) is 5.47. The van der Waals surface area contributed by atoms with Crippen LogP contribution in [0.5, 0.6) is 5.75 Å². The van der Waals surface area contributed by atoms with Gasteiger partial charge in [-0.25, -0.2) is 4.39 Å². The summed E-state index contributed by atoms with van der Waals surface area (Å²) < 4.78 is 32.2. The van der Waals surface area contributed by atoms with Crippen LogP contribution in [0.15, 0.2) is 47.2 Å². The number of hydrogen-bond acceptors (Lipinski definition) is 4. The van der Waals surface area contributed by atoms with Crippen LogP contribution in [-0.4, -0.2) is 11.6 Å². The minimum atomic E-state index is -1.37. The Morgan fingerprint density at radius 2 is 1.57 bits per heavy atom. The Labute approximate surface area is 134 Å². The molecule has 0 unspecified atom stereocenters. The number of ether oxygens (including phenoxy) is 1. The Bertz CT molecular complexity index is 893. The molecule has 2 aromatic rings. The number of allylic oxidation sites excluding steroid dienone is 2. The van der Waals surface area contributed by atoms with E-state index in [1.54, 1.807) is 12.1 Å². The van der Waals surface area contributed by atoms with Gasteiger partial charge >= 0.3 is 0 Å². The summed E-state index contributed by atoms with van der Waals surface area (Å²) in [7, 11) is 0. The molecule has 0 atom stereocenters. The lowest BCUT2D eigenvalue weighted by Gasteiger charge is -2.18. The highest BCUT2D eigenvalue weighted by Gasteiger charge is 2.34. The third-order valence-corrected chi connectivity index (χ3v) is 3.65. The molecule has 0 aromatic heterocycles. The molecular weight excluding hydrogens is 328 g/mol. The Morgan fingerprint density at radius 1 is 0.957 bits per heavy atom. The van der Waals surface area contributed by atoms with Gasteiger partial charge in [0.15, 0.2) is 17.3 Å². The van der Waals surface area contributed by atoms with Crippen LogP contribution in [0.25, 0.3) is 0 Å². The average molecular weight is 336 g/mol. The van der Waals surface area contributed by atoms with E-state index in [0.717, 1.165) is 12.1 Å². The fourth-order valence-corrected chi connectivity index (χ4v) is 2.39. The van der Waals surface area contributed by atoms with Crippen molar-refractivity contribution in [1.82, 2.24) is 0 Å². The lowest BCUT2D eigenvalue weighted by Crippen LogP contribution is -2.23. The lowest BCUT2D eigenvalue weighted by molar-refractivity contribution is 0.0942. The molecule has 1 aliphatic carbocycles. The normalized spacial score (nSPS) is 14.0. The molecule has 2 N–H and O–H groups in total.